The third kappa shape index (κ3) is 21.8. The third-order valence-electron chi connectivity index (χ3n) is 19.9. The number of hydrogen-bond acceptors (Lipinski definition) is 12. The van der Waals surface area contributed by atoms with Crippen LogP contribution in [0.5, 0.6) is 0 Å². The number of thioether (sulfide) groups is 3. The molecule has 0 saturated heterocycles. The van der Waals surface area contributed by atoms with Crippen molar-refractivity contribution in [1.82, 2.24) is 0 Å². The van der Waals surface area contributed by atoms with E-state index in [1.165, 1.54) is 83.5 Å². The van der Waals surface area contributed by atoms with Gasteiger partial charge < -0.3 is 51.6 Å². The molecule has 9 nitrogen and oxygen atoms in total. The Morgan fingerprint density at radius 2 is 0.545 bits per heavy atom. The Morgan fingerprint density at radius 1 is 0.242 bits per heavy atom. The molecule has 0 radical (unpaired) electrons. The van der Waals surface area contributed by atoms with Crippen molar-refractivity contribution in [3.63, 3.8) is 0 Å². The van der Waals surface area contributed by atoms with Gasteiger partial charge in [-0.1, -0.05) is 155 Å². The van der Waals surface area contributed by atoms with Gasteiger partial charge in [-0.05, 0) is 303 Å². The van der Waals surface area contributed by atoms with Crippen LogP contribution < -0.4 is 51.6 Å². The van der Waals surface area contributed by atoms with Gasteiger partial charge >= 0.3 is 0 Å². The minimum Gasteiger partial charge on any atom is -0.398 e. The molecule has 14 heteroatoms. The lowest BCUT2D eigenvalue weighted by Crippen LogP contribution is -2.06. The fourth-order valence-electron chi connectivity index (χ4n) is 12.8. The van der Waals surface area contributed by atoms with E-state index in [2.05, 4.69) is 166 Å². The molecule has 99 heavy (non-hydrogen) atoms. The van der Waals surface area contributed by atoms with Crippen LogP contribution in [-0.2, 0) is 89.9 Å². The van der Waals surface area contributed by atoms with Gasteiger partial charge in [0.2, 0.25) is 0 Å². The van der Waals surface area contributed by atoms with Crippen molar-refractivity contribution in [3.05, 3.63) is 204 Å². The zero-order chi connectivity index (χ0) is 75.0. The number of nitrogens with two attached hydrogens (primary N) is 9. The Labute approximate surface area is 622 Å². The summed E-state index contributed by atoms with van der Waals surface area (Å²) in [6.45, 7) is 42.7. The van der Waals surface area contributed by atoms with Gasteiger partial charge in [0.1, 0.15) is 0 Å². The van der Waals surface area contributed by atoms with Crippen molar-refractivity contribution >= 4 is 110 Å². The molecule has 0 spiro atoms. The standard InChI is InChI=1S/C22H31N.C21H28Cl2N2.2C12H19N.C9H14N2S2.C9H14N2S/c1-6-18-11-16(12-19(7-2)15(18)5)10-17-13-20(8-3)22(23)21(9-4)14-17;1-5-12-9-14(18(22)16(7-3)20(12)24)11-15-10-13(6-2)21(25)17(8-4)19(15)23;1-5-10-7-11(6-2)12(13)9(4)8(10)3;1-5-10-7-8(3)9(4)11(6-2)12(10)13;1-5-8(10)6(12-2)4-7(13-3)9(5)11;1-5-4-7(12-3)9(11)6(2)8(5)10/h11-14H,6-10,23H2,1-5H3;9-10H,5-8,11,24-25H2,1-4H3;2*7H,5-6,13H2,1-4H3;4H,10-11H2,1-3H3;4H,10-11H2,1-3H3. The van der Waals surface area contributed by atoms with E-state index in [0.29, 0.717) is 6.42 Å². The Bertz CT molecular complexity index is 3720. The van der Waals surface area contributed by atoms with Crippen molar-refractivity contribution < 1.29 is 0 Å². The van der Waals surface area contributed by atoms with Gasteiger partial charge in [0.25, 0.3) is 0 Å². The Morgan fingerprint density at radius 3 is 0.909 bits per heavy atom. The zero-order valence-corrected chi connectivity index (χ0v) is 68.8. The SMILES string of the molecule is CCc1cc(C)c(C)c(CC)c1N.CCc1cc(CC)c(N)c(C)c1C.CCc1cc(Cc2cc(CC)c(N)c(CC)c2)cc(CC)c1C.CCc1cc(Cc2cc(CC)c(N)c(CC)c2Cl)c(Cl)c(CC)c1N.CSc1cc(C)c(N)c(C)c1N.CSc1cc(SC)c(N)c(C)c1N. The molecule has 0 fully saturated rings. The number of halogens is 2. The van der Waals surface area contributed by atoms with Crippen molar-refractivity contribution in [2.45, 2.75) is 243 Å². The van der Waals surface area contributed by atoms with Gasteiger partial charge in [-0.15, -0.1) is 35.3 Å². The van der Waals surface area contributed by atoms with Crippen molar-refractivity contribution in [2.24, 2.45) is 0 Å². The zero-order valence-electron chi connectivity index (χ0n) is 64.8. The number of anilines is 9. The van der Waals surface area contributed by atoms with Crippen LogP contribution >= 0.6 is 58.5 Å². The first-order chi connectivity index (χ1) is 46.8. The van der Waals surface area contributed by atoms with Gasteiger partial charge in [-0.2, -0.15) is 0 Å². The summed E-state index contributed by atoms with van der Waals surface area (Å²) in [4.78, 5) is 3.33. The molecule has 0 unspecified atom stereocenters. The lowest BCUT2D eigenvalue weighted by molar-refractivity contribution is 1.01. The van der Waals surface area contributed by atoms with Crippen LogP contribution in [0.25, 0.3) is 0 Å². The van der Waals surface area contributed by atoms with Crippen LogP contribution in [0.3, 0.4) is 0 Å². The number of aryl methyl sites for hydroxylation is 11. The Kier molecular flexibility index (Phi) is 36.4. The summed E-state index contributed by atoms with van der Waals surface area (Å²) in [5.41, 5.74) is 92.5. The van der Waals surface area contributed by atoms with E-state index >= 15 is 0 Å². The molecule has 0 aliphatic carbocycles. The Hall–Kier alpha value is -6.41. The Balaban J connectivity index is 0.000000318. The maximum Gasteiger partial charge on any atom is 0.0503 e. The molecule has 8 aromatic carbocycles. The van der Waals surface area contributed by atoms with E-state index in [1.54, 1.807) is 35.3 Å². The van der Waals surface area contributed by atoms with Crippen LogP contribution in [0.4, 0.5) is 51.2 Å². The number of hydrogen-bond donors (Lipinski definition) is 9. The molecule has 0 saturated carbocycles. The van der Waals surface area contributed by atoms with Gasteiger partial charge in [-0.25, -0.2) is 0 Å². The summed E-state index contributed by atoms with van der Waals surface area (Å²) < 4.78 is 0. The molecule has 0 atom stereocenters. The average Bonchev–Trinajstić information content (AvgIpc) is 0.795. The van der Waals surface area contributed by atoms with Gasteiger partial charge in [0.05, 0.1) is 17.1 Å². The predicted molar refractivity (Wildman–Crippen MR) is 453 cm³/mol. The van der Waals surface area contributed by atoms with E-state index in [9.17, 15) is 0 Å². The average molecular weight is 1440 g/mol. The van der Waals surface area contributed by atoms with E-state index in [4.69, 9.17) is 74.8 Å². The summed E-state index contributed by atoms with van der Waals surface area (Å²) in [7, 11) is 0. The van der Waals surface area contributed by atoms with Crippen molar-refractivity contribution in [1.29, 1.82) is 0 Å². The third-order valence-corrected chi connectivity index (χ3v) is 23.1. The molecule has 8 aromatic rings. The highest BCUT2D eigenvalue weighted by atomic mass is 35.5. The first-order valence-electron chi connectivity index (χ1n) is 35.7. The molecule has 0 amide bonds. The van der Waals surface area contributed by atoms with Crippen LogP contribution in [0.1, 0.15) is 217 Å². The summed E-state index contributed by atoms with van der Waals surface area (Å²) >= 11 is 18.3. The second-order valence-corrected chi connectivity index (χ2v) is 28.9. The van der Waals surface area contributed by atoms with Crippen molar-refractivity contribution in [2.75, 3.05) is 70.4 Å². The first kappa shape index (κ1) is 86.8. The maximum atomic E-state index is 6.68. The molecule has 18 N–H and O–H groups in total. The normalized spacial score (nSPS) is 10.7. The monoisotopic (exact) mass is 1440 g/mol. The van der Waals surface area contributed by atoms with E-state index in [0.717, 1.165) is 209 Å². The molecule has 0 aliphatic rings. The molecule has 0 bridgehead atoms. The van der Waals surface area contributed by atoms with Crippen molar-refractivity contribution in [3.8, 4) is 0 Å². The van der Waals surface area contributed by atoms with Crippen LogP contribution in [0.2, 0.25) is 10.0 Å². The number of rotatable bonds is 19. The minimum absolute atomic E-state index is 0.693. The smallest absolute Gasteiger partial charge is 0.0503 e. The lowest BCUT2D eigenvalue weighted by Gasteiger charge is -2.18. The first-order valence-corrected chi connectivity index (χ1v) is 40.2. The largest absolute Gasteiger partial charge is 0.398 e. The maximum absolute atomic E-state index is 6.68. The predicted octanol–water partition coefficient (Wildman–Crippen LogP) is 22.2. The molecule has 0 heterocycles. The van der Waals surface area contributed by atoms with Crippen LogP contribution in [-0.4, -0.2) is 18.8 Å². The van der Waals surface area contributed by atoms with Gasteiger partial charge in [0, 0.05) is 65.3 Å². The van der Waals surface area contributed by atoms with E-state index < -0.39 is 0 Å². The van der Waals surface area contributed by atoms with Gasteiger partial charge in [0.15, 0.2) is 0 Å². The minimum atomic E-state index is 0.693. The quantitative estimate of drug-likeness (QED) is 0.0272. The summed E-state index contributed by atoms with van der Waals surface area (Å²) in [6, 6.07) is 22.2. The number of benzene rings is 8. The molecule has 0 aliphatic heterocycles. The van der Waals surface area contributed by atoms with Gasteiger partial charge in [-0.3, -0.25) is 0 Å². The highest BCUT2D eigenvalue weighted by Crippen LogP contribution is 2.39. The van der Waals surface area contributed by atoms with E-state index in [-0.39, 0.29) is 0 Å². The molecular weight excluding hydrogens is 1310 g/mol. The van der Waals surface area contributed by atoms with Crippen LogP contribution in [0.15, 0.2) is 75.4 Å². The highest BCUT2D eigenvalue weighted by molar-refractivity contribution is 7.99. The lowest BCUT2D eigenvalue weighted by atomic mass is 9.91. The molecule has 542 valence electrons. The van der Waals surface area contributed by atoms with E-state index in [1.807, 2.05) is 51.7 Å². The second-order valence-electron chi connectivity index (χ2n) is 25.6. The fourth-order valence-corrected chi connectivity index (χ4v) is 15.5. The molecular formula is C85H125Cl2N9S3. The summed E-state index contributed by atoms with van der Waals surface area (Å²) in [5.74, 6) is 0. The molecule has 8 rings (SSSR count). The van der Waals surface area contributed by atoms with Crippen LogP contribution in [0, 0.1) is 55.4 Å². The summed E-state index contributed by atoms with van der Waals surface area (Å²) in [5, 5.41) is 1.53. The molecule has 0 aromatic heterocycles. The topological polar surface area (TPSA) is 234 Å². The number of nitrogen functional groups attached to an aromatic ring is 9. The second kappa shape index (κ2) is 41.5. The summed E-state index contributed by atoms with van der Waals surface area (Å²) in [6.07, 6.45) is 19.6. The fraction of sp³-hybridized carbons (Fsp3) is 0.435. The highest BCUT2D eigenvalue weighted by Gasteiger charge is 2.19.